The summed E-state index contributed by atoms with van der Waals surface area (Å²) in [6, 6.07) is 10.8. The van der Waals surface area contributed by atoms with Gasteiger partial charge in [0.25, 0.3) is 0 Å². The molecule has 0 amide bonds. The van der Waals surface area contributed by atoms with Gasteiger partial charge in [0.2, 0.25) is 0 Å². The monoisotopic (exact) mass is 454 g/mol. The molecule has 33 heavy (non-hydrogen) atoms. The average molecular weight is 455 g/mol. The van der Waals surface area contributed by atoms with E-state index in [0.717, 1.165) is 38.3 Å². The summed E-state index contributed by atoms with van der Waals surface area (Å²) in [7, 11) is 0. The number of nitrogens with one attached hydrogen (secondary N) is 2. The lowest BCUT2D eigenvalue weighted by atomic mass is 9.75. The van der Waals surface area contributed by atoms with Gasteiger partial charge in [0, 0.05) is 39.9 Å². The number of hydrogen-bond donors (Lipinski definition) is 3. The molecule has 1 aliphatic heterocycles. The molecule has 0 unspecified atom stereocenters. The van der Waals surface area contributed by atoms with Crippen LogP contribution < -0.4 is 5.32 Å². The summed E-state index contributed by atoms with van der Waals surface area (Å²) < 4.78 is 0. The van der Waals surface area contributed by atoms with E-state index in [9.17, 15) is 5.11 Å². The van der Waals surface area contributed by atoms with Crippen LogP contribution in [0, 0.1) is 32.6 Å². The third-order valence-corrected chi connectivity index (χ3v) is 7.99. The van der Waals surface area contributed by atoms with Crippen molar-refractivity contribution in [2.24, 2.45) is 0 Å². The topological polar surface area (TPSA) is 48.0 Å². The SMILES string of the molecule is Cc1ccsc1C#Cc1c(-c2cccc3c(C)c[nH]c23)cc(C)c2c1[C@H](C)[C@@H](O)C(C)(C)N2. The quantitative estimate of drug-likeness (QED) is 0.274. The van der Waals surface area contributed by atoms with E-state index in [1.807, 2.05) is 0 Å². The Balaban J connectivity index is 1.84. The number of thiophene rings is 1. The molecule has 0 radical (unpaired) electrons. The van der Waals surface area contributed by atoms with Crippen LogP contribution in [-0.2, 0) is 0 Å². The number of anilines is 1. The fourth-order valence-electron chi connectivity index (χ4n) is 5.13. The largest absolute Gasteiger partial charge is 0.390 e. The number of para-hydroxylation sites is 1. The second kappa shape index (κ2) is 7.80. The van der Waals surface area contributed by atoms with Gasteiger partial charge in [-0.2, -0.15) is 0 Å². The van der Waals surface area contributed by atoms with Crippen molar-refractivity contribution < 1.29 is 5.11 Å². The van der Waals surface area contributed by atoms with Gasteiger partial charge in [0.05, 0.1) is 22.0 Å². The van der Waals surface area contributed by atoms with Crippen LogP contribution >= 0.6 is 11.3 Å². The molecule has 3 N–H and O–H groups in total. The Hall–Kier alpha value is -3.00. The lowest BCUT2D eigenvalue weighted by Crippen LogP contribution is -2.50. The second-order valence-electron chi connectivity index (χ2n) is 9.87. The Labute approximate surface area is 199 Å². The van der Waals surface area contributed by atoms with Crippen molar-refractivity contribution in [3.8, 4) is 23.0 Å². The van der Waals surface area contributed by atoms with Crippen LogP contribution in [0.1, 0.15) is 59.4 Å². The molecular formula is C29H30N2OS. The third-order valence-electron chi connectivity index (χ3n) is 7.05. The first-order valence-electron chi connectivity index (χ1n) is 11.5. The van der Waals surface area contributed by atoms with Crippen LogP contribution in [0.5, 0.6) is 0 Å². The number of rotatable bonds is 1. The highest BCUT2D eigenvalue weighted by Gasteiger charge is 2.40. The molecule has 168 valence electrons. The van der Waals surface area contributed by atoms with Crippen molar-refractivity contribution >= 4 is 27.9 Å². The molecule has 4 heteroatoms. The van der Waals surface area contributed by atoms with E-state index in [1.54, 1.807) is 11.3 Å². The first-order valence-corrected chi connectivity index (χ1v) is 12.3. The molecule has 0 fully saturated rings. The number of aliphatic hydroxyl groups excluding tert-OH is 1. The van der Waals surface area contributed by atoms with E-state index in [-0.39, 0.29) is 5.92 Å². The number of fused-ring (bicyclic) bond motifs is 2. The van der Waals surface area contributed by atoms with E-state index in [1.165, 1.54) is 22.1 Å². The molecular weight excluding hydrogens is 424 g/mol. The van der Waals surface area contributed by atoms with Crippen LogP contribution in [0.3, 0.4) is 0 Å². The number of aliphatic hydroxyl groups is 1. The predicted molar refractivity (Wildman–Crippen MR) is 140 cm³/mol. The van der Waals surface area contributed by atoms with Crippen LogP contribution in [0.25, 0.3) is 22.0 Å². The van der Waals surface area contributed by atoms with Gasteiger partial charge in [0.1, 0.15) is 0 Å². The highest BCUT2D eigenvalue weighted by molar-refractivity contribution is 7.10. The summed E-state index contributed by atoms with van der Waals surface area (Å²) in [6.07, 6.45) is 1.54. The summed E-state index contributed by atoms with van der Waals surface area (Å²) in [5.74, 6) is 6.95. The minimum Gasteiger partial charge on any atom is -0.390 e. The maximum atomic E-state index is 11.2. The lowest BCUT2D eigenvalue weighted by Gasteiger charge is -2.43. The fourth-order valence-corrected chi connectivity index (χ4v) is 5.90. The second-order valence-corrected chi connectivity index (χ2v) is 10.8. The highest BCUT2D eigenvalue weighted by atomic mass is 32.1. The van der Waals surface area contributed by atoms with E-state index in [2.05, 4.69) is 106 Å². The van der Waals surface area contributed by atoms with Crippen molar-refractivity contribution in [2.45, 2.75) is 59.1 Å². The van der Waals surface area contributed by atoms with Gasteiger partial charge in [0.15, 0.2) is 0 Å². The van der Waals surface area contributed by atoms with Gasteiger partial charge in [-0.3, -0.25) is 0 Å². The molecule has 0 saturated carbocycles. The van der Waals surface area contributed by atoms with Crippen LogP contribution in [-0.4, -0.2) is 21.7 Å². The minimum atomic E-state index is -0.521. The Morgan fingerprint density at radius 3 is 2.52 bits per heavy atom. The van der Waals surface area contributed by atoms with Crippen molar-refractivity contribution in [2.75, 3.05) is 5.32 Å². The number of benzene rings is 2. The Kier molecular flexibility index (Phi) is 5.16. The summed E-state index contributed by atoms with van der Waals surface area (Å²) >= 11 is 1.67. The maximum absolute atomic E-state index is 11.2. The summed E-state index contributed by atoms with van der Waals surface area (Å²) in [6.45, 7) is 12.6. The van der Waals surface area contributed by atoms with E-state index in [0.29, 0.717) is 0 Å². The van der Waals surface area contributed by atoms with E-state index >= 15 is 0 Å². The molecule has 2 atom stereocenters. The third kappa shape index (κ3) is 3.47. The number of aryl methyl sites for hydroxylation is 3. The van der Waals surface area contributed by atoms with Crippen molar-refractivity contribution in [3.63, 3.8) is 0 Å². The van der Waals surface area contributed by atoms with Crippen molar-refractivity contribution in [3.05, 3.63) is 74.6 Å². The van der Waals surface area contributed by atoms with Crippen LogP contribution in [0.4, 0.5) is 5.69 Å². The fraction of sp³-hybridized carbons (Fsp3) is 0.310. The molecule has 2 aromatic carbocycles. The van der Waals surface area contributed by atoms with Gasteiger partial charge in [-0.15, -0.1) is 11.3 Å². The minimum absolute atomic E-state index is 0.0480. The molecule has 0 aliphatic carbocycles. The molecule has 4 aromatic rings. The van der Waals surface area contributed by atoms with E-state index < -0.39 is 11.6 Å². The summed E-state index contributed by atoms with van der Waals surface area (Å²) in [5.41, 5.74) is 9.78. The number of H-pyrrole nitrogens is 1. The first kappa shape index (κ1) is 21.8. The smallest absolute Gasteiger partial charge is 0.0831 e. The normalized spacial score (nSPS) is 19.0. The summed E-state index contributed by atoms with van der Waals surface area (Å²) in [4.78, 5) is 4.57. The van der Waals surface area contributed by atoms with Gasteiger partial charge < -0.3 is 15.4 Å². The Morgan fingerprint density at radius 2 is 1.79 bits per heavy atom. The molecule has 3 nitrogen and oxygen atoms in total. The maximum Gasteiger partial charge on any atom is 0.0831 e. The summed E-state index contributed by atoms with van der Waals surface area (Å²) in [5, 5.41) is 18.1. The van der Waals surface area contributed by atoms with Gasteiger partial charge in [-0.1, -0.05) is 37.0 Å². The average Bonchev–Trinajstić information content (AvgIpc) is 3.37. The van der Waals surface area contributed by atoms with Gasteiger partial charge >= 0.3 is 0 Å². The zero-order valence-corrected chi connectivity index (χ0v) is 20.9. The zero-order valence-electron chi connectivity index (χ0n) is 20.1. The van der Waals surface area contributed by atoms with Gasteiger partial charge in [-0.25, -0.2) is 0 Å². The van der Waals surface area contributed by atoms with E-state index in [4.69, 9.17) is 0 Å². The first-order chi connectivity index (χ1) is 15.7. The van der Waals surface area contributed by atoms with Crippen LogP contribution in [0.15, 0.2) is 41.9 Å². The Morgan fingerprint density at radius 1 is 1.00 bits per heavy atom. The molecule has 5 rings (SSSR count). The lowest BCUT2D eigenvalue weighted by molar-refractivity contribution is 0.0868. The van der Waals surface area contributed by atoms with Gasteiger partial charge in [-0.05, 0) is 74.4 Å². The number of aromatic amines is 1. The van der Waals surface area contributed by atoms with Crippen molar-refractivity contribution in [1.29, 1.82) is 0 Å². The number of aromatic nitrogens is 1. The molecule has 3 heterocycles. The molecule has 0 bridgehead atoms. The Bertz CT molecular complexity index is 1440. The molecule has 0 saturated heterocycles. The molecule has 1 aliphatic rings. The molecule has 0 spiro atoms. The predicted octanol–water partition coefficient (Wildman–Crippen LogP) is 6.89. The zero-order chi connectivity index (χ0) is 23.5. The van der Waals surface area contributed by atoms with Crippen molar-refractivity contribution in [1.82, 2.24) is 4.98 Å². The highest BCUT2D eigenvalue weighted by Crippen LogP contribution is 2.46. The standard InChI is InChI=1S/C29H30N2OS/c1-16-12-13-33-24(16)11-10-21-23(22-9-7-8-20-18(3)15-30-27(20)22)14-17(2)26-25(21)19(4)28(32)29(5,6)31-26/h7-9,12-15,19,28,30-32H,1-6H3/t19-,28+/m0/s1. The molecule has 2 aromatic heterocycles. The number of hydrogen-bond acceptors (Lipinski definition) is 3. The van der Waals surface area contributed by atoms with Crippen LogP contribution in [0.2, 0.25) is 0 Å².